The molecule has 10 nitrogen and oxygen atoms in total. The maximum absolute atomic E-state index is 12.4. The van der Waals surface area contributed by atoms with Crippen molar-refractivity contribution in [3.05, 3.63) is 54.6 Å². The molecule has 10 heteroatoms. The third-order valence-corrected chi connectivity index (χ3v) is 7.27. The molecule has 1 aliphatic carbocycles. The van der Waals surface area contributed by atoms with Crippen LogP contribution >= 0.6 is 0 Å². The summed E-state index contributed by atoms with van der Waals surface area (Å²) in [5.74, 6) is 2.59. The molecule has 0 radical (unpaired) electrons. The smallest absolute Gasteiger partial charge is 0.225 e. The van der Waals surface area contributed by atoms with E-state index < -0.39 is 0 Å². The van der Waals surface area contributed by atoms with Gasteiger partial charge in [0, 0.05) is 49.9 Å². The number of amides is 1. The van der Waals surface area contributed by atoms with E-state index in [1.165, 1.54) is 11.9 Å². The molecule has 1 saturated carbocycles. The first kappa shape index (κ1) is 23.4. The van der Waals surface area contributed by atoms with Crippen molar-refractivity contribution < 1.29 is 9.53 Å². The number of carbonyl (C=O) groups excluding carboxylic acids is 1. The van der Waals surface area contributed by atoms with E-state index in [0.717, 1.165) is 67.1 Å². The maximum atomic E-state index is 12.4. The monoisotopic (exact) mass is 498 g/mol. The standard InChI is InChI=1S/C27H30N8O2/c1-17(34-9-11-35(12-10-34)26(36)18-3-4-18)19-7-8-29-24(14-19)33-27-31-21-6-5-20(13-22(21)32-27)25-23(37-2)15-28-16-30-25/h5-8,13-18H,3-4,9-12H2,1-2H3,(H2,29,31,32,33)/t17-/m0/s1. The van der Waals surface area contributed by atoms with Crippen molar-refractivity contribution in [1.29, 1.82) is 0 Å². The van der Waals surface area contributed by atoms with Crippen molar-refractivity contribution in [1.82, 2.24) is 34.7 Å². The van der Waals surface area contributed by atoms with Crippen LogP contribution in [0.15, 0.2) is 49.1 Å². The fourth-order valence-corrected chi connectivity index (χ4v) is 4.92. The van der Waals surface area contributed by atoms with Crippen molar-refractivity contribution in [2.75, 3.05) is 38.6 Å². The Morgan fingerprint density at radius 1 is 1.14 bits per heavy atom. The lowest BCUT2D eigenvalue weighted by molar-refractivity contribution is -0.134. The maximum Gasteiger partial charge on any atom is 0.225 e. The third-order valence-electron chi connectivity index (χ3n) is 7.27. The van der Waals surface area contributed by atoms with Gasteiger partial charge in [0.1, 0.15) is 17.8 Å². The van der Waals surface area contributed by atoms with E-state index in [4.69, 9.17) is 4.74 Å². The number of anilines is 2. The van der Waals surface area contributed by atoms with Crippen LogP contribution in [0.3, 0.4) is 0 Å². The number of pyridine rings is 1. The molecule has 1 aromatic carbocycles. The number of ether oxygens (including phenoxy) is 1. The molecule has 0 bridgehead atoms. The molecule has 0 spiro atoms. The predicted molar refractivity (Wildman–Crippen MR) is 140 cm³/mol. The number of aromatic amines is 1. The minimum atomic E-state index is 0.225. The number of piperazine rings is 1. The van der Waals surface area contributed by atoms with E-state index in [0.29, 0.717) is 17.6 Å². The molecule has 3 aromatic heterocycles. The summed E-state index contributed by atoms with van der Waals surface area (Å²) in [4.78, 5) is 37.8. The van der Waals surface area contributed by atoms with Crippen LogP contribution in [0.2, 0.25) is 0 Å². The third kappa shape index (κ3) is 4.84. The summed E-state index contributed by atoms with van der Waals surface area (Å²) in [6, 6.07) is 10.3. The number of imidazole rings is 1. The van der Waals surface area contributed by atoms with Gasteiger partial charge in [-0.05, 0) is 49.6 Å². The molecule has 2 N–H and O–H groups in total. The lowest BCUT2D eigenvalue weighted by atomic mass is 10.1. The summed E-state index contributed by atoms with van der Waals surface area (Å²) >= 11 is 0. The number of hydrogen-bond donors (Lipinski definition) is 2. The number of rotatable bonds is 7. The summed E-state index contributed by atoms with van der Waals surface area (Å²) in [7, 11) is 1.61. The summed E-state index contributed by atoms with van der Waals surface area (Å²) in [5.41, 5.74) is 4.53. The molecule has 0 unspecified atom stereocenters. The first-order chi connectivity index (χ1) is 18.1. The summed E-state index contributed by atoms with van der Waals surface area (Å²) in [6.45, 7) is 5.58. The highest BCUT2D eigenvalue weighted by Gasteiger charge is 2.35. The molecule has 1 aliphatic heterocycles. The number of methoxy groups -OCH3 is 1. The molecule has 4 heterocycles. The van der Waals surface area contributed by atoms with Gasteiger partial charge in [0.05, 0.1) is 24.3 Å². The molecule has 1 atom stereocenters. The average molecular weight is 499 g/mol. The zero-order chi connectivity index (χ0) is 25.4. The van der Waals surface area contributed by atoms with Gasteiger partial charge in [-0.3, -0.25) is 9.69 Å². The van der Waals surface area contributed by atoms with Crippen molar-refractivity contribution in [2.24, 2.45) is 5.92 Å². The molecule has 190 valence electrons. The normalized spacial score (nSPS) is 17.1. The minimum absolute atomic E-state index is 0.225. The largest absolute Gasteiger partial charge is 0.493 e. The topological polar surface area (TPSA) is 112 Å². The van der Waals surface area contributed by atoms with Gasteiger partial charge in [0.25, 0.3) is 0 Å². The second-order valence-electron chi connectivity index (χ2n) is 9.67. The van der Waals surface area contributed by atoms with Crippen molar-refractivity contribution in [3.8, 4) is 17.0 Å². The molecular weight excluding hydrogens is 468 g/mol. The summed E-state index contributed by atoms with van der Waals surface area (Å²) in [5, 5.41) is 3.32. The van der Waals surface area contributed by atoms with Crippen LogP contribution in [-0.4, -0.2) is 73.9 Å². The van der Waals surface area contributed by atoms with Crippen LogP contribution in [-0.2, 0) is 4.79 Å². The molecule has 6 rings (SSSR count). The molecule has 1 saturated heterocycles. The van der Waals surface area contributed by atoms with Crippen molar-refractivity contribution in [3.63, 3.8) is 0 Å². The minimum Gasteiger partial charge on any atom is -0.493 e. The lowest BCUT2D eigenvalue weighted by Crippen LogP contribution is -2.49. The zero-order valence-electron chi connectivity index (χ0n) is 21.0. The van der Waals surface area contributed by atoms with Crippen LogP contribution in [0.25, 0.3) is 22.3 Å². The zero-order valence-corrected chi connectivity index (χ0v) is 21.0. The van der Waals surface area contributed by atoms with Crippen LogP contribution in [0, 0.1) is 5.92 Å². The van der Waals surface area contributed by atoms with Crippen LogP contribution in [0.1, 0.15) is 31.4 Å². The summed E-state index contributed by atoms with van der Waals surface area (Å²) in [6.07, 6.45) is 7.11. The van der Waals surface area contributed by atoms with Gasteiger partial charge in [0.2, 0.25) is 11.9 Å². The lowest BCUT2D eigenvalue weighted by Gasteiger charge is -2.38. The average Bonchev–Trinajstić information content (AvgIpc) is 3.72. The highest BCUT2D eigenvalue weighted by Crippen LogP contribution is 2.32. The Hall–Kier alpha value is -4.05. The number of nitrogens with one attached hydrogen (secondary N) is 2. The van der Waals surface area contributed by atoms with E-state index in [9.17, 15) is 4.79 Å². The van der Waals surface area contributed by atoms with Gasteiger partial charge in [-0.15, -0.1) is 0 Å². The Bertz CT molecular complexity index is 1420. The van der Waals surface area contributed by atoms with Gasteiger partial charge in [-0.1, -0.05) is 6.07 Å². The second kappa shape index (κ2) is 9.78. The van der Waals surface area contributed by atoms with Crippen molar-refractivity contribution in [2.45, 2.75) is 25.8 Å². The Morgan fingerprint density at radius 2 is 1.97 bits per heavy atom. The number of nitrogens with zero attached hydrogens (tertiary/aromatic N) is 6. The Labute approximate surface area is 215 Å². The number of aromatic nitrogens is 5. The fraction of sp³-hybridized carbons (Fsp3) is 0.370. The molecule has 1 amide bonds. The fourth-order valence-electron chi connectivity index (χ4n) is 4.92. The highest BCUT2D eigenvalue weighted by atomic mass is 16.5. The predicted octanol–water partition coefficient (Wildman–Crippen LogP) is 3.78. The van der Waals surface area contributed by atoms with E-state index in [2.05, 4.69) is 54.2 Å². The number of fused-ring (bicyclic) bond motifs is 1. The van der Waals surface area contributed by atoms with Gasteiger partial charge >= 0.3 is 0 Å². The van der Waals surface area contributed by atoms with Crippen LogP contribution in [0.5, 0.6) is 5.75 Å². The van der Waals surface area contributed by atoms with Gasteiger partial charge in [-0.25, -0.2) is 19.9 Å². The number of H-pyrrole nitrogens is 1. The van der Waals surface area contributed by atoms with Gasteiger partial charge in [-0.2, -0.15) is 0 Å². The summed E-state index contributed by atoms with van der Waals surface area (Å²) < 4.78 is 5.41. The second-order valence-corrected chi connectivity index (χ2v) is 9.67. The SMILES string of the molecule is COc1cncnc1-c1ccc2nc(Nc3cc([C@H](C)N4CCN(C(=O)C5CC5)CC4)ccn3)[nH]c2c1. The first-order valence-electron chi connectivity index (χ1n) is 12.7. The van der Waals surface area contributed by atoms with E-state index in [1.807, 2.05) is 29.3 Å². The molecule has 37 heavy (non-hydrogen) atoms. The van der Waals surface area contributed by atoms with Gasteiger partial charge < -0.3 is 19.9 Å². The Balaban J connectivity index is 1.15. The first-order valence-corrected chi connectivity index (χ1v) is 12.7. The number of benzene rings is 1. The number of hydrogen-bond acceptors (Lipinski definition) is 8. The number of carbonyl (C=O) groups is 1. The molecular formula is C27H30N8O2. The molecule has 2 aliphatic rings. The van der Waals surface area contributed by atoms with Gasteiger partial charge in [0.15, 0.2) is 5.75 Å². The molecule has 2 fully saturated rings. The van der Waals surface area contributed by atoms with E-state index in [1.54, 1.807) is 13.3 Å². The van der Waals surface area contributed by atoms with Crippen molar-refractivity contribution >= 4 is 28.7 Å². The Morgan fingerprint density at radius 3 is 2.76 bits per heavy atom. The van der Waals surface area contributed by atoms with Crippen LogP contribution in [0.4, 0.5) is 11.8 Å². The quantitative estimate of drug-likeness (QED) is 0.396. The highest BCUT2D eigenvalue weighted by molar-refractivity contribution is 5.84. The Kier molecular flexibility index (Phi) is 6.17. The molecule has 4 aromatic rings. The van der Waals surface area contributed by atoms with Crippen LogP contribution < -0.4 is 10.1 Å². The van der Waals surface area contributed by atoms with E-state index >= 15 is 0 Å². The van der Waals surface area contributed by atoms with E-state index in [-0.39, 0.29) is 12.0 Å².